The molecule has 33 heavy (non-hydrogen) atoms. The summed E-state index contributed by atoms with van der Waals surface area (Å²) >= 11 is 0. The molecule has 1 aromatic rings. The highest BCUT2D eigenvalue weighted by Gasteiger charge is 2.10. The van der Waals surface area contributed by atoms with Gasteiger partial charge in [-0.3, -0.25) is 14.5 Å². The normalized spacial score (nSPS) is 11.2. The molecule has 5 nitrogen and oxygen atoms in total. The molecule has 0 saturated carbocycles. The van der Waals surface area contributed by atoms with Crippen molar-refractivity contribution in [1.82, 2.24) is 10.2 Å². The molecular formula is C27H41FN2O3. The van der Waals surface area contributed by atoms with Crippen molar-refractivity contribution in [2.75, 3.05) is 33.3 Å². The first-order chi connectivity index (χ1) is 15.9. The van der Waals surface area contributed by atoms with Gasteiger partial charge in [0.25, 0.3) is 0 Å². The Hall–Kier alpha value is -2.47. The molecule has 6 heteroatoms. The van der Waals surface area contributed by atoms with Gasteiger partial charge in [-0.05, 0) is 38.1 Å². The zero-order valence-corrected chi connectivity index (χ0v) is 20.4. The maximum Gasteiger partial charge on any atom is 0.216 e. The minimum absolute atomic E-state index is 0.0245. The Kier molecular flexibility index (Phi) is 15.6. The molecule has 0 aliphatic carbocycles. The van der Waals surface area contributed by atoms with E-state index in [9.17, 15) is 14.0 Å². The number of carbonyl (C=O) groups is 2. The van der Waals surface area contributed by atoms with Gasteiger partial charge < -0.3 is 10.1 Å². The molecule has 0 spiro atoms. The van der Waals surface area contributed by atoms with Gasteiger partial charge in [0.1, 0.15) is 6.61 Å². The van der Waals surface area contributed by atoms with Gasteiger partial charge in [0, 0.05) is 38.5 Å². The number of unbranched alkanes of at least 4 members (excludes halogenated alkanes) is 7. The van der Waals surface area contributed by atoms with Gasteiger partial charge in [-0.2, -0.15) is 0 Å². The van der Waals surface area contributed by atoms with E-state index in [-0.39, 0.29) is 24.0 Å². The van der Waals surface area contributed by atoms with Gasteiger partial charge in [-0.1, -0.05) is 56.8 Å². The van der Waals surface area contributed by atoms with Crippen molar-refractivity contribution < 1.29 is 18.7 Å². The van der Waals surface area contributed by atoms with Crippen LogP contribution in [0.5, 0.6) is 5.75 Å². The van der Waals surface area contributed by atoms with Crippen LogP contribution in [0.1, 0.15) is 75.1 Å². The fraction of sp³-hybridized carbons (Fsp3) is 0.556. The van der Waals surface area contributed by atoms with Crippen molar-refractivity contribution >= 4 is 11.7 Å². The summed E-state index contributed by atoms with van der Waals surface area (Å²) in [5.41, 5.74) is 0.403. The number of ketones is 1. The Bertz CT molecular complexity index is 749. The highest BCUT2D eigenvalue weighted by atomic mass is 19.1. The first-order valence-corrected chi connectivity index (χ1v) is 12.1. The van der Waals surface area contributed by atoms with Crippen LogP contribution in [0.15, 0.2) is 43.0 Å². The zero-order valence-electron chi connectivity index (χ0n) is 20.4. The number of Topliss-reactive ketones (excluding diaryl/α,β-unsaturated/α-hetero) is 1. The second kappa shape index (κ2) is 18.0. The average Bonchev–Trinajstić information content (AvgIpc) is 2.78. The number of hydrogen-bond donors (Lipinski definition) is 1. The lowest BCUT2D eigenvalue weighted by molar-refractivity contribution is -0.118. The number of hydrogen-bond acceptors (Lipinski definition) is 4. The van der Waals surface area contributed by atoms with Crippen LogP contribution in [-0.2, 0) is 4.79 Å². The number of rotatable bonds is 19. The van der Waals surface area contributed by atoms with E-state index in [1.54, 1.807) is 6.07 Å². The van der Waals surface area contributed by atoms with E-state index < -0.39 is 5.82 Å². The van der Waals surface area contributed by atoms with E-state index in [1.807, 2.05) is 25.3 Å². The number of carbonyl (C=O) groups excluding carboxylic acids is 2. The number of likely N-dealkylation sites (N-methyl/N-ethyl adjacent to an activating group) is 1. The average molecular weight is 461 g/mol. The molecule has 0 aromatic heterocycles. The predicted octanol–water partition coefficient (Wildman–Crippen LogP) is 5.71. The fourth-order valence-corrected chi connectivity index (χ4v) is 3.43. The topological polar surface area (TPSA) is 58.6 Å². The summed E-state index contributed by atoms with van der Waals surface area (Å²) in [5, 5.41) is 2.81. The smallest absolute Gasteiger partial charge is 0.216 e. The van der Waals surface area contributed by atoms with Gasteiger partial charge in [0.05, 0.1) is 0 Å². The molecule has 0 unspecified atom stereocenters. The summed E-state index contributed by atoms with van der Waals surface area (Å²) < 4.78 is 19.7. The number of benzene rings is 1. The van der Waals surface area contributed by atoms with E-state index >= 15 is 0 Å². The summed E-state index contributed by atoms with van der Waals surface area (Å²) in [6.45, 7) is 7.85. The minimum atomic E-state index is -0.503. The Morgan fingerprint density at radius 3 is 2.33 bits per heavy atom. The summed E-state index contributed by atoms with van der Waals surface area (Å²) in [4.78, 5) is 25.2. The molecule has 1 rings (SSSR count). The second-order valence-corrected chi connectivity index (χ2v) is 8.42. The molecule has 0 aliphatic heterocycles. The van der Waals surface area contributed by atoms with Crippen molar-refractivity contribution in [1.29, 1.82) is 0 Å². The molecule has 0 heterocycles. The third-order valence-electron chi connectivity index (χ3n) is 5.32. The Morgan fingerprint density at radius 2 is 1.70 bits per heavy atom. The van der Waals surface area contributed by atoms with Gasteiger partial charge in [0.2, 0.25) is 5.91 Å². The second-order valence-electron chi connectivity index (χ2n) is 8.42. The van der Waals surface area contributed by atoms with E-state index in [2.05, 4.69) is 16.8 Å². The molecule has 0 radical (unpaired) electrons. The van der Waals surface area contributed by atoms with Gasteiger partial charge in [-0.15, -0.1) is 6.58 Å². The largest absolute Gasteiger partial charge is 0.486 e. The standard InChI is InChI=1S/C27H41FN2O3/c1-4-19-30(3)20-13-14-21-33-27-17-16-24(22-25(27)28)26(32)15-11-9-7-5-6-8-10-12-18-29-23(2)31/h4,13-14,16-17,22H,1,5-12,15,18-21H2,2-3H3,(H,29,31)/b14-13+. The van der Waals surface area contributed by atoms with Crippen molar-refractivity contribution in [3.63, 3.8) is 0 Å². The van der Waals surface area contributed by atoms with Crippen molar-refractivity contribution in [2.45, 2.75) is 64.7 Å². The number of nitrogens with one attached hydrogen (secondary N) is 1. The first-order valence-electron chi connectivity index (χ1n) is 12.1. The zero-order chi connectivity index (χ0) is 24.3. The minimum Gasteiger partial charge on any atom is -0.486 e. The summed E-state index contributed by atoms with van der Waals surface area (Å²) in [6, 6.07) is 4.45. The molecule has 0 aliphatic rings. The Labute approximate surface area is 199 Å². The molecule has 1 amide bonds. The Balaban J connectivity index is 2.17. The fourth-order valence-electron chi connectivity index (χ4n) is 3.43. The lowest BCUT2D eigenvalue weighted by Gasteiger charge is -2.10. The third kappa shape index (κ3) is 14.3. The van der Waals surface area contributed by atoms with Gasteiger partial charge in [0.15, 0.2) is 17.3 Å². The van der Waals surface area contributed by atoms with E-state index in [1.165, 1.54) is 31.9 Å². The molecule has 1 N–H and O–H groups in total. The number of halogens is 1. The van der Waals surface area contributed by atoms with Crippen molar-refractivity contribution in [2.24, 2.45) is 0 Å². The summed E-state index contributed by atoms with van der Waals surface area (Å²) in [5.74, 6) is -0.337. The number of amides is 1. The SMILES string of the molecule is C=CCN(C)C/C=C/COc1ccc(C(=O)CCCCCCCCCCNC(C)=O)cc1F. The quantitative estimate of drug-likeness (QED) is 0.163. The van der Waals surface area contributed by atoms with E-state index in [0.29, 0.717) is 12.0 Å². The lowest BCUT2D eigenvalue weighted by Crippen LogP contribution is -2.20. The number of nitrogens with zero attached hydrogens (tertiary/aromatic N) is 1. The maximum absolute atomic E-state index is 14.3. The molecule has 0 fully saturated rings. The monoisotopic (exact) mass is 460 g/mol. The van der Waals surface area contributed by atoms with Crippen molar-refractivity contribution in [3.05, 3.63) is 54.4 Å². The van der Waals surface area contributed by atoms with Crippen LogP contribution in [0.4, 0.5) is 4.39 Å². The van der Waals surface area contributed by atoms with Crippen LogP contribution in [0.2, 0.25) is 0 Å². The van der Waals surface area contributed by atoms with Gasteiger partial charge in [-0.25, -0.2) is 4.39 Å². The molecular weight excluding hydrogens is 419 g/mol. The van der Waals surface area contributed by atoms with Crippen LogP contribution in [0, 0.1) is 5.82 Å². The van der Waals surface area contributed by atoms with Crippen molar-refractivity contribution in [3.8, 4) is 5.75 Å². The maximum atomic E-state index is 14.3. The molecule has 0 atom stereocenters. The summed E-state index contributed by atoms with van der Waals surface area (Å²) in [7, 11) is 1.99. The molecule has 0 bridgehead atoms. The predicted molar refractivity (Wildman–Crippen MR) is 133 cm³/mol. The van der Waals surface area contributed by atoms with Crippen LogP contribution < -0.4 is 10.1 Å². The molecule has 184 valence electrons. The first kappa shape index (κ1) is 28.6. The summed E-state index contributed by atoms with van der Waals surface area (Å²) in [6.07, 6.45) is 14.7. The van der Waals surface area contributed by atoms with Crippen LogP contribution in [-0.4, -0.2) is 49.9 Å². The highest BCUT2D eigenvalue weighted by Crippen LogP contribution is 2.20. The third-order valence-corrected chi connectivity index (χ3v) is 5.32. The lowest BCUT2D eigenvalue weighted by atomic mass is 10.0. The highest BCUT2D eigenvalue weighted by molar-refractivity contribution is 5.96. The van der Waals surface area contributed by atoms with Crippen LogP contribution in [0.25, 0.3) is 0 Å². The van der Waals surface area contributed by atoms with Crippen LogP contribution >= 0.6 is 0 Å². The Morgan fingerprint density at radius 1 is 1.03 bits per heavy atom. The molecule has 0 saturated heterocycles. The van der Waals surface area contributed by atoms with Crippen LogP contribution in [0.3, 0.4) is 0 Å². The van der Waals surface area contributed by atoms with Gasteiger partial charge >= 0.3 is 0 Å². The van der Waals surface area contributed by atoms with E-state index in [0.717, 1.165) is 58.2 Å². The molecule has 1 aromatic carbocycles. The van der Waals surface area contributed by atoms with E-state index in [4.69, 9.17) is 4.74 Å². The number of ether oxygens (including phenoxy) is 1.